The Labute approximate surface area is 98.6 Å². The van der Waals surface area contributed by atoms with Gasteiger partial charge in [-0.15, -0.1) is 0 Å². The number of esters is 1. The lowest BCUT2D eigenvalue weighted by molar-refractivity contribution is -0.148. The Bertz CT molecular complexity index is 259. The molecule has 0 rings (SSSR count). The van der Waals surface area contributed by atoms with E-state index in [4.69, 9.17) is 4.74 Å². The lowest BCUT2D eigenvalue weighted by Gasteiger charge is -2.26. The quantitative estimate of drug-likeness (QED) is 0.679. The van der Waals surface area contributed by atoms with Crippen LogP contribution in [0.3, 0.4) is 0 Å². The molecular weight excluding hydrogens is 204 g/mol. The maximum atomic E-state index is 12.0. The second-order valence-electron chi connectivity index (χ2n) is 6.03. The van der Waals surface area contributed by atoms with E-state index >= 15 is 0 Å². The van der Waals surface area contributed by atoms with Crippen molar-refractivity contribution >= 4 is 11.8 Å². The molecule has 0 aliphatic rings. The summed E-state index contributed by atoms with van der Waals surface area (Å²) < 4.78 is 4.87. The predicted molar refractivity (Wildman–Crippen MR) is 64.1 cm³/mol. The van der Waals surface area contributed by atoms with Gasteiger partial charge in [0, 0.05) is 11.8 Å². The van der Waals surface area contributed by atoms with Crippen LogP contribution in [0.4, 0.5) is 0 Å². The Morgan fingerprint density at radius 2 is 1.50 bits per heavy atom. The van der Waals surface area contributed by atoms with Crippen LogP contribution in [0, 0.1) is 10.8 Å². The topological polar surface area (TPSA) is 43.4 Å². The molecule has 3 heteroatoms. The van der Waals surface area contributed by atoms with Crippen LogP contribution in [0.1, 0.15) is 54.4 Å². The van der Waals surface area contributed by atoms with E-state index < -0.39 is 5.41 Å². The fourth-order valence-corrected chi connectivity index (χ4v) is 1.39. The van der Waals surface area contributed by atoms with Gasteiger partial charge in [-0.05, 0) is 12.3 Å². The van der Waals surface area contributed by atoms with Crippen LogP contribution in [-0.4, -0.2) is 18.4 Å². The number of hydrogen-bond donors (Lipinski definition) is 0. The molecule has 0 aliphatic heterocycles. The van der Waals surface area contributed by atoms with Crippen molar-refractivity contribution < 1.29 is 14.3 Å². The summed E-state index contributed by atoms with van der Waals surface area (Å²) in [5.74, 6) is -0.178. The van der Waals surface area contributed by atoms with Gasteiger partial charge < -0.3 is 4.74 Å². The number of ether oxygens (including phenoxy) is 1. The minimum absolute atomic E-state index is 0.0387. The molecule has 16 heavy (non-hydrogen) atoms. The molecule has 0 aromatic heterocycles. The Kier molecular flexibility index (Phi) is 5.17. The molecule has 94 valence electrons. The highest BCUT2D eigenvalue weighted by atomic mass is 16.5. The average Bonchev–Trinajstić information content (AvgIpc) is 1.99. The third-order valence-corrected chi connectivity index (χ3v) is 2.34. The summed E-state index contributed by atoms with van der Waals surface area (Å²) in [6, 6.07) is 0. The molecule has 0 heterocycles. The van der Waals surface area contributed by atoms with Crippen molar-refractivity contribution in [3.05, 3.63) is 0 Å². The number of carbonyl (C=O) groups excluding carboxylic acids is 2. The van der Waals surface area contributed by atoms with Gasteiger partial charge in [-0.2, -0.15) is 0 Å². The van der Waals surface area contributed by atoms with Crippen LogP contribution < -0.4 is 0 Å². The summed E-state index contributed by atoms with van der Waals surface area (Å²) in [4.78, 5) is 23.4. The Hall–Kier alpha value is -0.860. The Morgan fingerprint density at radius 3 is 1.88 bits per heavy atom. The predicted octanol–water partition coefficient (Wildman–Crippen LogP) is 2.97. The van der Waals surface area contributed by atoms with Gasteiger partial charge in [0.15, 0.2) is 0 Å². The lowest BCUT2D eigenvalue weighted by atomic mass is 9.77. The summed E-state index contributed by atoms with van der Waals surface area (Å²) in [5, 5.41) is 0. The first-order chi connectivity index (χ1) is 7.08. The molecule has 3 nitrogen and oxygen atoms in total. The van der Waals surface area contributed by atoms with Gasteiger partial charge >= 0.3 is 5.97 Å². The van der Waals surface area contributed by atoms with Crippen molar-refractivity contribution in [3.63, 3.8) is 0 Å². The first-order valence-electron chi connectivity index (χ1n) is 5.77. The number of carbonyl (C=O) groups is 2. The van der Waals surface area contributed by atoms with Crippen molar-refractivity contribution in [2.24, 2.45) is 10.8 Å². The SMILES string of the molecule is CCOC(=O)CC(C)(C)C(=O)CC(C)(C)C. The van der Waals surface area contributed by atoms with E-state index in [1.807, 2.05) is 20.8 Å². The molecule has 0 aliphatic carbocycles. The van der Waals surface area contributed by atoms with E-state index in [0.29, 0.717) is 13.0 Å². The van der Waals surface area contributed by atoms with Gasteiger partial charge in [-0.25, -0.2) is 0 Å². The maximum Gasteiger partial charge on any atom is 0.306 e. The molecule has 0 radical (unpaired) electrons. The molecule has 0 fully saturated rings. The highest BCUT2D eigenvalue weighted by Gasteiger charge is 2.33. The average molecular weight is 228 g/mol. The summed E-state index contributed by atoms with van der Waals surface area (Å²) in [5.41, 5.74) is -0.664. The fraction of sp³-hybridized carbons (Fsp3) is 0.846. The van der Waals surface area contributed by atoms with Crippen LogP contribution in [0.15, 0.2) is 0 Å². The van der Waals surface area contributed by atoms with Crippen molar-refractivity contribution in [2.75, 3.05) is 6.61 Å². The molecule has 0 aromatic carbocycles. The van der Waals surface area contributed by atoms with Crippen LogP contribution in [0.2, 0.25) is 0 Å². The van der Waals surface area contributed by atoms with Gasteiger partial charge in [0.05, 0.1) is 13.0 Å². The smallest absolute Gasteiger partial charge is 0.306 e. The Balaban J connectivity index is 4.42. The van der Waals surface area contributed by atoms with Crippen molar-refractivity contribution in [3.8, 4) is 0 Å². The molecule has 0 saturated heterocycles. The number of ketones is 1. The molecule has 0 atom stereocenters. The standard InChI is InChI=1S/C13H24O3/c1-7-16-11(15)9-13(5,6)10(14)8-12(2,3)4/h7-9H2,1-6H3. The maximum absolute atomic E-state index is 12.0. The number of Topliss-reactive ketones (excluding diaryl/α,β-unsaturated/α-hetero) is 1. The zero-order chi connectivity index (χ0) is 13.0. The van der Waals surface area contributed by atoms with Gasteiger partial charge in [-0.1, -0.05) is 34.6 Å². The van der Waals surface area contributed by atoms with Crippen LogP contribution in [0.5, 0.6) is 0 Å². The Morgan fingerprint density at radius 1 is 1.00 bits per heavy atom. The van der Waals surface area contributed by atoms with E-state index in [0.717, 1.165) is 0 Å². The van der Waals surface area contributed by atoms with E-state index in [-0.39, 0.29) is 23.6 Å². The zero-order valence-corrected chi connectivity index (χ0v) is 11.3. The highest BCUT2D eigenvalue weighted by Crippen LogP contribution is 2.30. The van der Waals surface area contributed by atoms with E-state index in [9.17, 15) is 9.59 Å². The van der Waals surface area contributed by atoms with Crippen LogP contribution in [0.25, 0.3) is 0 Å². The normalized spacial score (nSPS) is 12.4. The van der Waals surface area contributed by atoms with Crippen molar-refractivity contribution in [1.29, 1.82) is 0 Å². The monoisotopic (exact) mass is 228 g/mol. The number of hydrogen-bond acceptors (Lipinski definition) is 3. The molecular formula is C13H24O3. The summed E-state index contributed by atoms with van der Waals surface area (Å²) in [7, 11) is 0. The third-order valence-electron chi connectivity index (χ3n) is 2.34. The van der Waals surface area contributed by atoms with Gasteiger partial charge in [0.2, 0.25) is 0 Å². The minimum Gasteiger partial charge on any atom is -0.466 e. The van der Waals surface area contributed by atoms with Gasteiger partial charge in [-0.3, -0.25) is 9.59 Å². The number of rotatable bonds is 5. The van der Waals surface area contributed by atoms with E-state index in [2.05, 4.69) is 0 Å². The van der Waals surface area contributed by atoms with Crippen molar-refractivity contribution in [2.45, 2.75) is 54.4 Å². The highest BCUT2D eigenvalue weighted by molar-refractivity contribution is 5.88. The molecule has 0 saturated carbocycles. The largest absolute Gasteiger partial charge is 0.466 e. The molecule has 0 N–H and O–H groups in total. The van der Waals surface area contributed by atoms with E-state index in [1.54, 1.807) is 20.8 Å². The fourth-order valence-electron chi connectivity index (χ4n) is 1.39. The molecule has 0 amide bonds. The second kappa shape index (κ2) is 5.46. The molecule has 0 spiro atoms. The lowest BCUT2D eigenvalue weighted by Crippen LogP contribution is -2.31. The third kappa shape index (κ3) is 5.89. The van der Waals surface area contributed by atoms with Gasteiger partial charge in [0.1, 0.15) is 5.78 Å². The summed E-state index contributed by atoms with van der Waals surface area (Å²) >= 11 is 0. The van der Waals surface area contributed by atoms with Gasteiger partial charge in [0.25, 0.3) is 0 Å². The second-order valence-corrected chi connectivity index (χ2v) is 6.03. The first kappa shape index (κ1) is 15.1. The summed E-state index contributed by atoms with van der Waals surface area (Å²) in [6.07, 6.45) is 0.648. The van der Waals surface area contributed by atoms with Crippen LogP contribution >= 0.6 is 0 Å². The molecule has 0 aromatic rings. The van der Waals surface area contributed by atoms with E-state index in [1.165, 1.54) is 0 Å². The summed E-state index contributed by atoms with van der Waals surface area (Å²) in [6.45, 7) is 11.8. The molecule has 0 bridgehead atoms. The molecule has 0 unspecified atom stereocenters. The van der Waals surface area contributed by atoms with Crippen LogP contribution in [-0.2, 0) is 14.3 Å². The zero-order valence-electron chi connectivity index (χ0n) is 11.3. The van der Waals surface area contributed by atoms with Crippen molar-refractivity contribution in [1.82, 2.24) is 0 Å². The minimum atomic E-state index is -0.625. The first-order valence-corrected chi connectivity index (χ1v) is 5.77.